The number of carbonyl (C=O) groups is 1. The van der Waals surface area contributed by atoms with Crippen LogP contribution in [0.1, 0.15) is 11.3 Å². The molecule has 3 rings (SSSR count). The van der Waals surface area contributed by atoms with Gasteiger partial charge < -0.3 is 10.2 Å². The van der Waals surface area contributed by atoms with Gasteiger partial charge in [-0.2, -0.15) is 0 Å². The highest BCUT2D eigenvalue weighted by atomic mass is 35.5. The summed E-state index contributed by atoms with van der Waals surface area (Å²) in [5.41, 5.74) is 1.21. The van der Waals surface area contributed by atoms with Crippen molar-refractivity contribution < 1.29 is 4.79 Å². The first-order chi connectivity index (χ1) is 10.7. The summed E-state index contributed by atoms with van der Waals surface area (Å²) in [6.07, 6.45) is 1.60. The van der Waals surface area contributed by atoms with Crippen molar-refractivity contribution in [3.05, 3.63) is 51.7 Å². The molecule has 1 N–H and O–H groups in total. The van der Waals surface area contributed by atoms with Crippen LogP contribution in [0.2, 0.25) is 5.02 Å². The Hall–Kier alpha value is -1.52. The van der Waals surface area contributed by atoms with Crippen LogP contribution in [0.3, 0.4) is 0 Å². The van der Waals surface area contributed by atoms with Crippen molar-refractivity contribution >= 4 is 34.5 Å². The van der Waals surface area contributed by atoms with Crippen LogP contribution in [-0.4, -0.2) is 25.5 Å². The Morgan fingerprint density at radius 3 is 2.86 bits per heavy atom. The third kappa shape index (κ3) is 4.02. The molecule has 0 spiro atoms. The molecule has 5 heteroatoms. The summed E-state index contributed by atoms with van der Waals surface area (Å²) in [4.78, 5) is 15.4. The molecule has 0 unspecified atom stereocenters. The van der Waals surface area contributed by atoms with Crippen molar-refractivity contribution in [3.63, 3.8) is 0 Å². The number of hydrogen-bond acceptors (Lipinski definition) is 3. The van der Waals surface area contributed by atoms with Gasteiger partial charge in [-0.25, -0.2) is 0 Å². The number of hydrogen-bond donors (Lipinski definition) is 1. The zero-order chi connectivity index (χ0) is 15.4. The first kappa shape index (κ1) is 15.4. The van der Waals surface area contributed by atoms with Crippen LogP contribution < -0.4 is 10.2 Å². The van der Waals surface area contributed by atoms with E-state index in [2.05, 4.69) is 22.3 Å². The Morgan fingerprint density at radius 1 is 1.32 bits per heavy atom. The smallest absolute Gasteiger partial charge is 0.225 e. The zero-order valence-electron chi connectivity index (χ0n) is 12.3. The molecule has 0 saturated carbocycles. The lowest BCUT2D eigenvalue weighted by molar-refractivity contribution is -0.120. The second-order valence-electron chi connectivity index (χ2n) is 5.64. The molecule has 2 heterocycles. The third-order valence-corrected chi connectivity index (χ3v) is 5.11. The number of halogens is 1. The molecule has 1 fully saturated rings. The summed E-state index contributed by atoms with van der Waals surface area (Å²) in [6.45, 7) is 2.78. The van der Waals surface area contributed by atoms with E-state index in [4.69, 9.17) is 11.6 Å². The highest BCUT2D eigenvalue weighted by molar-refractivity contribution is 7.10. The number of carbonyl (C=O) groups excluding carboxylic acids is 1. The molecule has 1 atom stereocenters. The Kier molecular flexibility index (Phi) is 5.01. The van der Waals surface area contributed by atoms with Gasteiger partial charge in [-0.05, 0) is 48.1 Å². The van der Waals surface area contributed by atoms with E-state index in [-0.39, 0.29) is 5.91 Å². The molecule has 0 aliphatic carbocycles. The minimum Gasteiger partial charge on any atom is -0.371 e. The van der Waals surface area contributed by atoms with Crippen LogP contribution in [0.5, 0.6) is 0 Å². The predicted octanol–water partition coefficient (Wildman–Crippen LogP) is 3.59. The highest BCUT2D eigenvalue weighted by Gasteiger charge is 2.23. The number of nitrogens with one attached hydrogen (secondary N) is 1. The molecule has 0 bridgehead atoms. The van der Waals surface area contributed by atoms with E-state index in [9.17, 15) is 4.79 Å². The van der Waals surface area contributed by atoms with Crippen molar-refractivity contribution in [2.24, 2.45) is 5.92 Å². The second kappa shape index (κ2) is 7.16. The number of nitrogens with zero attached hydrogens (tertiary/aromatic N) is 1. The first-order valence-corrected chi connectivity index (χ1v) is 8.76. The van der Waals surface area contributed by atoms with Crippen LogP contribution in [-0.2, 0) is 11.2 Å². The van der Waals surface area contributed by atoms with Gasteiger partial charge in [-0.1, -0.05) is 17.7 Å². The van der Waals surface area contributed by atoms with Crippen LogP contribution in [0, 0.1) is 5.92 Å². The summed E-state index contributed by atoms with van der Waals surface area (Å²) < 4.78 is 0. The SMILES string of the molecule is O=C(Cc1cccs1)NC[C@H]1CCN(c2ccc(Cl)cc2)C1. The van der Waals surface area contributed by atoms with Gasteiger partial charge in [0.25, 0.3) is 0 Å². The van der Waals surface area contributed by atoms with Gasteiger partial charge in [0.2, 0.25) is 5.91 Å². The van der Waals surface area contributed by atoms with Crippen molar-refractivity contribution in [2.75, 3.05) is 24.5 Å². The molecule has 116 valence electrons. The van der Waals surface area contributed by atoms with Crippen molar-refractivity contribution in [2.45, 2.75) is 12.8 Å². The fraction of sp³-hybridized carbons (Fsp3) is 0.353. The van der Waals surface area contributed by atoms with E-state index in [0.717, 1.165) is 36.0 Å². The molecular formula is C17H19ClN2OS. The lowest BCUT2D eigenvalue weighted by Crippen LogP contribution is -2.31. The van der Waals surface area contributed by atoms with E-state index < -0.39 is 0 Å². The molecule has 22 heavy (non-hydrogen) atoms. The molecule has 1 aliphatic heterocycles. The first-order valence-electron chi connectivity index (χ1n) is 7.50. The topological polar surface area (TPSA) is 32.3 Å². The molecule has 0 radical (unpaired) electrons. The fourth-order valence-corrected chi connectivity index (χ4v) is 3.61. The molecule has 1 saturated heterocycles. The number of anilines is 1. The van der Waals surface area contributed by atoms with Gasteiger partial charge in [-0.15, -0.1) is 11.3 Å². The lowest BCUT2D eigenvalue weighted by atomic mass is 10.1. The second-order valence-corrected chi connectivity index (χ2v) is 7.11. The molecule has 3 nitrogen and oxygen atoms in total. The quantitative estimate of drug-likeness (QED) is 0.906. The minimum atomic E-state index is 0.118. The summed E-state index contributed by atoms with van der Waals surface area (Å²) in [5.74, 6) is 0.635. The van der Waals surface area contributed by atoms with Crippen molar-refractivity contribution in [1.82, 2.24) is 5.32 Å². The van der Waals surface area contributed by atoms with Crippen LogP contribution >= 0.6 is 22.9 Å². The van der Waals surface area contributed by atoms with E-state index in [1.54, 1.807) is 11.3 Å². The van der Waals surface area contributed by atoms with E-state index in [0.29, 0.717) is 12.3 Å². The Balaban J connectivity index is 1.45. The van der Waals surface area contributed by atoms with Gasteiger partial charge in [0.15, 0.2) is 0 Å². The van der Waals surface area contributed by atoms with Crippen molar-refractivity contribution in [1.29, 1.82) is 0 Å². The number of thiophene rings is 1. The Morgan fingerprint density at radius 2 is 2.14 bits per heavy atom. The third-order valence-electron chi connectivity index (χ3n) is 3.98. The number of benzene rings is 1. The lowest BCUT2D eigenvalue weighted by Gasteiger charge is -2.19. The zero-order valence-corrected chi connectivity index (χ0v) is 13.9. The van der Waals surface area contributed by atoms with Crippen LogP contribution in [0.25, 0.3) is 0 Å². The minimum absolute atomic E-state index is 0.118. The molecule has 2 aromatic rings. The average molecular weight is 335 g/mol. The normalized spacial score (nSPS) is 17.7. The monoisotopic (exact) mass is 334 g/mol. The van der Waals surface area contributed by atoms with E-state index in [1.165, 1.54) is 5.69 Å². The standard InChI is InChI=1S/C17H19ClN2OS/c18-14-3-5-15(6-4-14)20-8-7-13(12-20)11-19-17(21)10-16-2-1-9-22-16/h1-6,9,13H,7-8,10-12H2,(H,19,21)/t13-/m1/s1. The molecular weight excluding hydrogens is 316 g/mol. The largest absolute Gasteiger partial charge is 0.371 e. The average Bonchev–Trinajstić information content (AvgIpc) is 3.17. The molecule has 1 aliphatic rings. The Bertz CT molecular complexity index is 612. The molecule has 1 amide bonds. The Labute approximate surface area is 139 Å². The maximum Gasteiger partial charge on any atom is 0.225 e. The van der Waals surface area contributed by atoms with Gasteiger partial charge in [-0.3, -0.25) is 4.79 Å². The maximum absolute atomic E-state index is 11.9. The number of rotatable bonds is 5. The van der Waals surface area contributed by atoms with E-state index >= 15 is 0 Å². The fourth-order valence-electron chi connectivity index (χ4n) is 2.78. The number of amides is 1. The summed E-state index contributed by atoms with van der Waals surface area (Å²) >= 11 is 7.55. The van der Waals surface area contributed by atoms with Crippen LogP contribution in [0.4, 0.5) is 5.69 Å². The highest BCUT2D eigenvalue weighted by Crippen LogP contribution is 2.24. The summed E-state index contributed by atoms with van der Waals surface area (Å²) in [7, 11) is 0. The van der Waals surface area contributed by atoms with Gasteiger partial charge >= 0.3 is 0 Å². The van der Waals surface area contributed by atoms with E-state index in [1.807, 2.05) is 29.6 Å². The predicted molar refractivity (Wildman–Crippen MR) is 92.8 cm³/mol. The van der Waals surface area contributed by atoms with Gasteiger partial charge in [0, 0.05) is 35.2 Å². The van der Waals surface area contributed by atoms with Gasteiger partial charge in [0.1, 0.15) is 0 Å². The summed E-state index contributed by atoms with van der Waals surface area (Å²) in [5, 5.41) is 5.83. The maximum atomic E-state index is 11.9. The summed E-state index contributed by atoms with van der Waals surface area (Å²) in [6, 6.07) is 11.9. The molecule has 1 aromatic heterocycles. The van der Waals surface area contributed by atoms with Gasteiger partial charge in [0.05, 0.1) is 6.42 Å². The van der Waals surface area contributed by atoms with Crippen molar-refractivity contribution in [3.8, 4) is 0 Å². The van der Waals surface area contributed by atoms with Crippen LogP contribution in [0.15, 0.2) is 41.8 Å². The molecule has 1 aromatic carbocycles.